The number of halogens is 1. The number of likely N-dealkylation sites (tertiary alicyclic amines) is 1. The summed E-state index contributed by atoms with van der Waals surface area (Å²) in [5, 5.41) is 0. The Kier molecular flexibility index (Phi) is 9.21. The number of nitrogens with zero attached hydrogens (tertiary/aromatic N) is 1. The first kappa shape index (κ1) is 23.9. The van der Waals surface area contributed by atoms with E-state index in [1.54, 1.807) is 29.2 Å². The minimum Gasteiger partial charge on any atom is -0.341 e. The molecule has 3 unspecified atom stereocenters. The number of piperidine rings is 1. The second-order valence-corrected chi connectivity index (χ2v) is 9.14. The molecule has 3 N–H and O–H groups in total. The second kappa shape index (κ2) is 10.4. The van der Waals surface area contributed by atoms with Crippen LogP contribution in [0.2, 0.25) is 0 Å². The number of amides is 1. The van der Waals surface area contributed by atoms with Gasteiger partial charge < -0.3 is 10.6 Å². The highest BCUT2D eigenvalue weighted by atomic mass is 35.5. The molecule has 3 atom stereocenters. The zero-order valence-electron chi connectivity index (χ0n) is 16.3. The molecular formula is C19H32ClN3O3S. The molecule has 1 saturated heterocycles. The fourth-order valence-corrected chi connectivity index (χ4v) is 4.28. The summed E-state index contributed by atoms with van der Waals surface area (Å²) in [5.41, 5.74) is 7.09. The monoisotopic (exact) mass is 417 g/mol. The van der Waals surface area contributed by atoms with Crippen LogP contribution in [0.4, 0.5) is 0 Å². The van der Waals surface area contributed by atoms with E-state index in [1.165, 1.54) is 0 Å². The molecule has 0 bridgehead atoms. The maximum absolute atomic E-state index is 12.6. The van der Waals surface area contributed by atoms with Crippen molar-refractivity contribution in [1.82, 2.24) is 9.62 Å². The Hall–Kier alpha value is -1.15. The molecule has 2 rings (SSSR count). The van der Waals surface area contributed by atoms with E-state index in [4.69, 9.17) is 5.73 Å². The van der Waals surface area contributed by atoms with Crippen LogP contribution in [0.1, 0.15) is 38.7 Å². The topological polar surface area (TPSA) is 92.5 Å². The molecule has 1 amide bonds. The summed E-state index contributed by atoms with van der Waals surface area (Å²) < 4.78 is 27.5. The van der Waals surface area contributed by atoms with Gasteiger partial charge in [-0.1, -0.05) is 38.0 Å². The molecule has 1 aliphatic heterocycles. The Morgan fingerprint density at radius 2 is 1.96 bits per heavy atom. The minimum absolute atomic E-state index is 0. The first-order chi connectivity index (χ1) is 12.2. The van der Waals surface area contributed by atoms with Gasteiger partial charge in [0.15, 0.2) is 0 Å². The normalized spacial score (nSPS) is 19.9. The molecule has 1 aromatic carbocycles. The summed E-state index contributed by atoms with van der Waals surface area (Å²) in [6.45, 7) is 7.51. The van der Waals surface area contributed by atoms with Crippen molar-refractivity contribution in [2.24, 2.45) is 17.6 Å². The van der Waals surface area contributed by atoms with Gasteiger partial charge >= 0.3 is 0 Å². The molecule has 1 heterocycles. The fourth-order valence-electron chi connectivity index (χ4n) is 3.17. The van der Waals surface area contributed by atoms with E-state index in [0.29, 0.717) is 19.6 Å². The number of carbonyl (C=O) groups is 1. The third-order valence-corrected chi connectivity index (χ3v) is 6.71. The summed E-state index contributed by atoms with van der Waals surface area (Å²) in [5.74, 6) is 0.227. The van der Waals surface area contributed by atoms with Gasteiger partial charge in [0, 0.05) is 19.6 Å². The Labute approximate surface area is 169 Å². The van der Waals surface area contributed by atoms with Crippen LogP contribution in [0.5, 0.6) is 0 Å². The van der Waals surface area contributed by atoms with Crippen LogP contribution < -0.4 is 10.5 Å². The van der Waals surface area contributed by atoms with E-state index in [0.717, 1.165) is 24.8 Å². The lowest BCUT2D eigenvalue weighted by Gasteiger charge is -2.35. The van der Waals surface area contributed by atoms with Crippen LogP contribution in [-0.4, -0.2) is 44.9 Å². The number of hydrogen-bond acceptors (Lipinski definition) is 4. The molecule has 154 valence electrons. The Balaban J connectivity index is 0.00000364. The number of hydrogen-bond donors (Lipinski definition) is 2. The SMILES string of the molecule is CCC(C)C(N)C(=O)N1CCCC(CNS(=O)(=O)c2ccc(C)cc2)C1.Cl. The lowest BCUT2D eigenvalue weighted by Crippen LogP contribution is -2.51. The van der Waals surface area contributed by atoms with Crippen LogP contribution in [-0.2, 0) is 14.8 Å². The van der Waals surface area contributed by atoms with E-state index in [9.17, 15) is 13.2 Å². The predicted octanol–water partition coefficient (Wildman–Crippen LogP) is 2.31. The van der Waals surface area contributed by atoms with Crippen molar-refractivity contribution in [2.45, 2.75) is 51.0 Å². The molecule has 6 nitrogen and oxygen atoms in total. The average molecular weight is 418 g/mol. The van der Waals surface area contributed by atoms with Gasteiger partial charge in [0.2, 0.25) is 15.9 Å². The maximum atomic E-state index is 12.6. The van der Waals surface area contributed by atoms with Gasteiger partial charge in [-0.05, 0) is 43.7 Å². The van der Waals surface area contributed by atoms with Crippen LogP contribution >= 0.6 is 12.4 Å². The predicted molar refractivity (Wildman–Crippen MR) is 110 cm³/mol. The third kappa shape index (κ3) is 6.45. The van der Waals surface area contributed by atoms with E-state index >= 15 is 0 Å². The van der Waals surface area contributed by atoms with Crippen molar-refractivity contribution < 1.29 is 13.2 Å². The molecule has 8 heteroatoms. The molecule has 0 aromatic heterocycles. The second-order valence-electron chi connectivity index (χ2n) is 7.37. The van der Waals surface area contributed by atoms with Crippen molar-refractivity contribution in [3.8, 4) is 0 Å². The smallest absolute Gasteiger partial charge is 0.240 e. The Bertz CT molecular complexity index is 709. The van der Waals surface area contributed by atoms with Crippen molar-refractivity contribution >= 4 is 28.3 Å². The molecular weight excluding hydrogens is 386 g/mol. The Morgan fingerprint density at radius 1 is 1.33 bits per heavy atom. The summed E-state index contributed by atoms with van der Waals surface area (Å²) >= 11 is 0. The van der Waals surface area contributed by atoms with Crippen molar-refractivity contribution in [3.05, 3.63) is 29.8 Å². The minimum atomic E-state index is -3.53. The Morgan fingerprint density at radius 3 is 2.56 bits per heavy atom. The molecule has 1 aromatic rings. The van der Waals surface area contributed by atoms with Crippen LogP contribution in [0.15, 0.2) is 29.2 Å². The van der Waals surface area contributed by atoms with Gasteiger partial charge in [-0.3, -0.25) is 4.79 Å². The number of sulfonamides is 1. The molecule has 0 saturated carbocycles. The zero-order chi connectivity index (χ0) is 19.3. The number of nitrogens with one attached hydrogen (secondary N) is 1. The van der Waals surface area contributed by atoms with Gasteiger partial charge in [-0.15, -0.1) is 12.4 Å². The maximum Gasteiger partial charge on any atom is 0.240 e. The number of carbonyl (C=O) groups excluding carboxylic acids is 1. The fraction of sp³-hybridized carbons (Fsp3) is 0.632. The van der Waals surface area contributed by atoms with Gasteiger partial charge in [-0.2, -0.15) is 0 Å². The summed E-state index contributed by atoms with van der Waals surface area (Å²) in [6, 6.07) is 6.31. The van der Waals surface area contributed by atoms with Crippen molar-refractivity contribution in [1.29, 1.82) is 0 Å². The first-order valence-electron chi connectivity index (χ1n) is 9.35. The lowest BCUT2D eigenvalue weighted by molar-refractivity contribution is -0.135. The summed E-state index contributed by atoms with van der Waals surface area (Å²) in [7, 11) is -3.53. The van der Waals surface area contributed by atoms with E-state index in [2.05, 4.69) is 4.72 Å². The third-order valence-electron chi connectivity index (χ3n) is 5.27. The summed E-state index contributed by atoms with van der Waals surface area (Å²) in [6.07, 6.45) is 2.63. The van der Waals surface area contributed by atoms with Crippen LogP contribution in [0.25, 0.3) is 0 Å². The highest BCUT2D eigenvalue weighted by Crippen LogP contribution is 2.19. The van der Waals surface area contributed by atoms with E-state index in [-0.39, 0.29) is 35.0 Å². The molecule has 0 spiro atoms. The van der Waals surface area contributed by atoms with E-state index in [1.807, 2.05) is 20.8 Å². The largest absolute Gasteiger partial charge is 0.341 e. The van der Waals surface area contributed by atoms with Crippen molar-refractivity contribution in [3.63, 3.8) is 0 Å². The van der Waals surface area contributed by atoms with Gasteiger partial charge in [0.25, 0.3) is 0 Å². The molecule has 27 heavy (non-hydrogen) atoms. The number of nitrogens with two attached hydrogens (primary N) is 1. The zero-order valence-corrected chi connectivity index (χ0v) is 18.0. The quantitative estimate of drug-likeness (QED) is 0.711. The number of benzene rings is 1. The molecule has 1 aliphatic rings. The standard InChI is InChI=1S/C19H31N3O3S.ClH/c1-4-15(3)18(20)19(23)22-11-5-6-16(13-22)12-21-26(24,25)17-9-7-14(2)8-10-17;/h7-10,15-16,18,21H,4-6,11-13,20H2,1-3H3;1H. The van der Waals surface area contributed by atoms with E-state index < -0.39 is 16.1 Å². The molecule has 0 aliphatic carbocycles. The average Bonchev–Trinajstić information content (AvgIpc) is 2.65. The van der Waals surface area contributed by atoms with Gasteiger partial charge in [0.1, 0.15) is 0 Å². The van der Waals surface area contributed by atoms with Gasteiger partial charge in [-0.25, -0.2) is 13.1 Å². The van der Waals surface area contributed by atoms with Crippen molar-refractivity contribution in [2.75, 3.05) is 19.6 Å². The van der Waals surface area contributed by atoms with Gasteiger partial charge in [0.05, 0.1) is 10.9 Å². The number of rotatable bonds is 7. The highest BCUT2D eigenvalue weighted by Gasteiger charge is 2.29. The lowest BCUT2D eigenvalue weighted by atomic mass is 9.94. The molecule has 1 fully saturated rings. The molecule has 0 radical (unpaired) electrons. The highest BCUT2D eigenvalue weighted by molar-refractivity contribution is 7.89. The summed E-state index contributed by atoms with van der Waals surface area (Å²) in [4.78, 5) is 14.6. The first-order valence-corrected chi connectivity index (χ1v) is 10.8. The van der Waals surface area contributed by atoms with Crippen LogP contribution in [0.3, 0.4) is 0 Å². The van der Waals surface area contributed by atoms with Crippen LogP contribution in [0, 0.1) is 18.8 Å². The number of aryl methyl sites for hydroxylation is 1.